The van der Waals surface area contributed by atoms with Gasteiger partial charge in [-0.3, -0.25) is 4.79 Å². The Kier molecular flexibility index (Phi) is 5.47. The summed E-state index contributed by atoms with van der Waals surface area (Å²) >= 11 is 1.99. The van der Waals surface area contributed by atoms with E-state index in [-0.39, 0.29) is 17.6 Å². The second-order valence-corrected chi connectivity index (χ2v) is 7.02. The average Bonchev–Trinajstić information content (AvgIpc) is 3.16. The maximum absolute atomic E-state index is 12.7. The fraction of sp³-hybridized carbons (Fsp3) is 0.250. The Labute approximate surface area is 145 Å². The van der Waals surface area contributed by atoms with Gasteiger partial charge in [0.05, 0.1) is 11.0 Å². The minimum absolute atomic E-state index is 0.0278. The highest BCUT2D eigenvalue weighted by Crippen LogP contribution is 2.28. The van der Waals surface area contributed by atoms with Crippen molar-refractivity contribution in [3.8, 4) is 0 Å². The Hall–Kier alpha value is -1.93. The maximum atomic E-state index is 12.7. The molecule has 0 saturated heterocycles. The lowest BCUT2D eigenvalue weighted by Crippen LogP contribution is -2.29. The Morgan fingerprint density at radius 1 is 1.29 bits per heavy atom. The average molecular weight is 367 g/mol. The number of alkyl halides is 2. The van der Waals surface area contributed by atoms with E-state index in [1.807, 2.05) is 17.5 Å². The van der Waals surface area contributed by atoms with E-state index < -0.39 is 5.76 Å². The minimum Gasteiger partial charge on any atom is -0.354 e. The van der Waals surface area contributed by atoms with Gasteiger partial charge in [0.25, 0.3) is 5.76 Å². The van der Waals surface area contributed by atoms with Crippen LogP contribution in [0.4, 0.5) is 8.78 Å². The second-order valence-electron chi connectivity index (χ2n) is 5.03. The van der Waals surface area contributed by atoms with Crippen LogP contribution in [0.3, 0.4) is 0 Å². The summed E-state index contributed by atoms with van der Waals surface area (Å²) in [4.78, 5) is 17.6. The van der Waals surface area contributed by atoms with Crippen LogP contribution in [0.5, 0.6) is 0 Å². The largest absolute Gasteiger partial charge is 0.354 e. The third-order valence-electron chi connectivity index (χ3n) is 3.39. The van der Waals surface area contributed by atoms with E-state index >= 15 is 0 Å². The number of thioether (sulfide) groups is 1. The zero-order valence-corrected chi connectivity index (χ0v) is 14.2. The fourth-order valence-corrected chi connectivity index (χ4v) is 3.66. The summed E-state index contributed by atoms with van der Waals surface area (Å²) in [5.41, 5.74) is 1.28. The van der Waals surface area contributed by atoms with Gasteiger partial charge < -0.3 is 9.88 Å². The van der Waals surface area contributed by atoms with E-state index in [1.165, 1.54) is 9.44 Å². The van der Waals surface area contributed by atoms with Crippen LogP contribution in [-0.2, 0) is 17.8 Å². The molecule has 0 aliphatic carbocycles. The van der Waals surface area contributed by atoms with Gasteiger partial charge in [-0.15, -0.1) is 11.3 Å². The second kappa shape index (κ2) is 7.76. The lowest BCUT2D eigenvalue weighted by atomic mass is 10.3. The van der Waals surface area contributed by atoms with Gasteiger partial charge >= 0.3 is 0 Å². The normalized spacial score (nSPS) is 11.3. The van der Waals surface area contributed by atoms with Crippen molar-refractivity contribution in [2.75, 3.05) is 6.54 Å². The topological polar surface area (TPSA) is 46.9 Å². The molecule has 1 amide bonds. The quantitative estimate of drug-likeness (QED) is 0.647. The Balaban J connectivity index is 1.69. The van der Waals surface area contributed by atoms with Crippen LogP contribution in [0.2, 0.25) is 0 Å². The first-order valence-electron chi connectivity index (χ1n) is 7.32. The molecule has 0 atom stereocenters. The highest BCUT2D eigenvalue weighted by molar-refractivity contribution is 7.99. The number of carbonyl (C=O) groups excluding carboxylic acids is 1. The molecule has 2 aromatic heterocycles. The summed E-state index contributed by atoms with van der Waals surface area (Å²) in [7, 11) is 0. The number of benzene rings is 1. The monoisotopic (exact) mass is 367 g/mol. The first-order chi connectivity index (χ1) is 11.6. The highest BCUT2D eigenvalue weighted by Gasteiger charge is 2.17. The van der Waals surface area contributed by atoms with E-state index in [1.54, 1.807) is 35.6 Å². The number of rotatable bonds is 7. The third kappa shape index (κ3) is 4.12. The molecule has 1 aromatic carbocycles. The molecule has 0 radical (unpaired) electrons. The van der Waals surface area contributed by atoms with Crippen molar-refractivity contribution in [1.29, 1.82) is 0 Å². The Morgan fingerprint density at radius 2 is 2.12 bits per heavy atom. The van der Waals surface area contributed by atoms with Crippen molar-refractivity contribution in [2.45, 2.75) is 23.9 Å². The Bertz CT molecular complexity index is 818. The molecule has 0 unspecified atom stereocenters. The molecule has 126 valence electrons. The maximum Gasteiger partial charge on any atom is 0.291 e. The molecule has 0 saturated carbocycles. The molecule has 0 aliphatic heterocycles. The van der Waals surface area contributed by atoms with Gasteiger partial charge in [0.2, 0.25) is 5.91 Å². The summed E-state index contributed by atoms with van der Waals surface area (Å²) in [5, 5.41) is 4.97. The first-order valence-corrected chi connectivity index (χ1v) is 9.08. The zero-order chi connectivity index (χ0) is 16.9. The number of carbonyl (C=O) groups is 1. The van der Waals surface area contributed by atoms with Crippen molar-refractivity contribution < 1.29 is 13.6 Å². The summed E-state index contributed by atoms with van der Waals surface area (Å²) in [6.07, 6.45) is 0.757. The van der Waals surface area contributed by atoms with Gasteiger partial charge in [0.1, 0.15) is 6.54 Å². The van der Waals surface area contributed by atoms with Crippen LogP contribution in [0.15, 0.2) is 46.9 Å². The number of hydrogen-bond donors (Lipinski definition) is 1. The standard InChI is InChI=1S/C16H15F2N3OS2/c17-15(18)24-16-20-12-5-1-2-6-13(12)21(16)10-14(22)19-8-7-11-4-3-9-23-11/h1-6,9,15H,7-8,10H2,(H,19,22). The molecule has 24 heavy (non-hydrogen) atoms. The summed E-state index contributed by atoms with van der Waals surface area (Å²) in [6.45, 7) is 0.489. The van der Waals surface area contributed by atoms with Crippen molar-refractivity contribution in [3.63, 3.8) is 0 Å². The smallest absolute Gasteiger partial charge is 0.291 e. The van der Waals surface area contributed by atoms with E-state index in [0.717, 1.165) is 6.42 Å². The minimum atomic E-state index is -2.58. The van der Waals surface area contributed by atoms with Crippen molar-refractivity contribution in [1.82, 2.24) is 14.9 Å². The van der Waals surface area contributed by atoms with Crippen molar-refractivity contribution >= 4 is 40.0 Å². The number of aromatic nitrogens is 2. The SMILES string of the molecule is O=C(Cn1c(SC(F)F)nc2ccccc21)NCCc1cccs1. The summed E-state index contributed by atoms with van der Waals surface area (Å²) in [5.74, 6) is -2.80. The fourth-order valence-electron chi connectivity index (χ4n) is 2.36. The molecule has 4 nitrogen and oxygen atoms in total. The summed E-state index contributed by atoms with van der Waals surface area (Å²) in [6, 6.07) is 11.1. The third-order valence-corrected chi connectivity index (χ3v) is 5.03. The van der Waals surface area contributed by atoms with Crippen molar-refractivity contribution in [3.05, 3.63) is 46.7 Å². The molecule has 0 aliphatic rings. The van der Waals surface area contributed by atoms with Crippen LogP contribution in [0.25, 0.3) is 11.0 Å². The van der Waals surface area contributed by atoms with Gasteiger partial charge in [-0.05, 0) is 41.8 Å². The number of halogens is 2. The highest BCUT2D eigenvalue weighted by atomic mass is 32.2. The Morgan fingerprint density at radius 3 is 2.88 bits per heavy atom. The molecule has 3 aromatic rings. The number of nitrogens with zero attached hydrogens (tertiary/aromatic N) is 2. The van der Waals surface area contributed by atoms with Crippen LogP contribution in [-0.4, -0.2) is 27.8 Å². The van der Waals surface area contributed by atoms with E-state index in [0.29, 0.717) is 29.3 Å². The number of amides is 1. The van der Waals surface area contributed by atoms with Gasteiger partial charge in [-0.1, -0.05) is 18.2 Å². The number of hydrogen-bond acceptors (Lipinski definition) is 4. The van der Waals surface area contributed by atoms with E-state index in [2.05, 4.69) is 10.3 Å². The van der Waals surface area contributed by atoms with Crippen LogP contribution in [0.1, 0.15) is 4.88 Å². The lowest BCUT2D eigenvalue weighted by molar-refractivity contribution is -0.121. The molecule has 0 fully saturated rings. The number of imidazole rings is 1. The van der Waals surface area contributed by atoms with Crippen LogP contribution < -0.4 is 5.32 Å². The van der Waals surface area contributed by atoms with Gasteiger partial charge in [0.15, 0.2) is 5.16 Å². The molecule has 1 N–H and O–H groups in total. The zero-order valence-electron chi connectivity index (χ0n) is 12.6. The van der Waals surface area contributed by atoms with Crippen LogP contribution in [0, 0.1) is 0 Å². The summed E-state index contributed by atoms with van der Waals surface area (Å²) < 4.78 is 27.0. The molecule has 0 bridgehead atoms. The van der Waals surface area contributed by atoms with Crippen molar-refractivity contribution in [2.24, 2.45) is 0 Å². The van der Waals surface area contributed by atoms with Gasteiger partial charge in [0, 0.05) is 11.4 Å². The van der Waals surface area contributed by atoms with Crippen LogP contribution >= 0.6 is 23.1 Å². The van der Waals surface area contributed by atoms with Gasteiger partial charge in [-0.2, -0.15) is 8.78 Å². The molecule has 0 spiro atoms. The molecule has 2 heterocycles. The lowest BCUT2D eigenvalue weighted by Gasteiger charge is -2.09. The molecule has 8 heteroatoms. The van der Waals surface area contributed by atoms with Gasteiger partial charge in [-0.25, -0.2) is 4.98 Å². The predicted octanol–water partition coefficient (Wildman–Crippen LogP) is 3.77. The molecule has 3 rings (SSSR count). The van der Waals surface area contributed by atoms with E-state index in [4.69, 9.17) is 0 Å². The number of nitrogens with one attached hydrogen (secondary N) is 1. The predicted molar refractivity (Wildman–Crippen MR) is 92.6 cm³/mol. The number of thiophene rings is 1. The first kappa shape index (κ1) is 16.9. The molecular formula is C16H15F2N3OS2. The molecular weight excluding hydrogens is 352 g/mol. The van der Waals surface area contributed by atoms with E-state index in [9.17, 15) is 13.6 Å². The number of fused-ring (bicyclic) bond motifs is 1. The number of para-hydroxylation sites is 2.